The molecule has 0 bridgehead atoms. The van der Waals surface area contributed by atoms with Gasteiger partial charge in [0.15, 0.2) is 11.5 Å². The summed E-state index contributed by atoms with van der Waals surface area (Å²) >= 11 is 0. The molecule has 1 atom stereocenters. The Kier molecular flexibility index (Phi) is 5.19. The van der Waals surface area contributed by atoms with E-state index in [1.807, 2.05) is 13.8 Å². The molecule has 4 amide bonds. The highest BCUT2D eigenvalue weighted by molar-refractivity contribution is 6.05. The lowest BCUT2D eigenvalue weighted by molar-refractivity contribution is -0.136. The van der Waals surface area contributed by atoms with Gasteiger partial charge in [0.05, 0.1) is 18.1 Å². The minimum atomic E-state index is -0.684. The van der Waals surface area contributed by atoms with E-state index in [1.54, 1.807) is 18.2 Å². The predicted octanol–water partition coefficient (Wildman–Crippen LogP) is 1.39. The molecular formula is C22H21N7O5. The largest absolute Gasteiger partial charge is 0.359 e. The second-order valence-corrected chi connectivity index (χ2v) is 8.50. The summed E-state index contributed by atoms with van der Waals surface area (Å²) < 4.78 is 6.61. The molecular weight excluding hydrogens is 442 g/mol. The molecule has 34 heavy (non-hydrogen) atoms. The molecule has 1 aromatic carbocycles. The Morgan fingerprint density at radius 2 is 2.09 bits per heavy atom. The van der Waals surface area contributed by atoms with Gasteiger partial charge in [-0.15, -0.1) is 5.10 Å². The molecule has 2 N–H and O–H groups in total. The van der Waals surface area contributed by atoms with E-state index in [4.69, 9.17) is 4.52 Å². The first-order chi connectivity index (χ1) is 16.3. The molecule has 174 valence electrons. The van der Waals surface area contributed by atoms with E-state index in [2.05, 4.69) is 26.1 Å². The molecule has 0 aliphatic carbocycles. The summed E-state index contributed by atoms with van der Waals surface area (Å²) in [5, 5.41) is 16.7. The second-order valence-electron chi connectivity index (χ2n) is 8.50. The third-order valence-electron chi connectivity index (χ3n) is 5.87. The van der Waals surface area contributed by atoms with Crippen LogP contribution in [0.1, 0.15) is 64.8 Å². The van der Waals surface area contributed by atoms with Gasteiger partial charge in [-0.2, -0.15) is 0 Å². The number of nitrogens with zero attached hydrogens (tertiary/aromatic N) is 5. The summed E-state index contributed by atoms with van der Waals surface area (Å²) in [6.07, 6.45) is 3.40. The topological polar surface area (TPSA) is 152 Å². The second kappa shape index (κ2) is 8.21. The van der Waals surface area contributed by atoms with Gasteiger partial charge in [-0.1, -0.05) is 24.2 Å². The molecule has 2 aliphatic heterocycles. The fourth-order valence-electron chi connectivity index (χ4n) is 4.14. The number of benzene rings is 1. The summed E-state index contributed by atoms with van der Waals surface area (Å²) in [5.74, 6) is -0.908. The van der Waals surface area contributed by atoms with E-state index < -0.39 is 17.9 Å². The SMILES string of the molecule is CC(C)c1oncc1NC(=O)c1cn(-c2ccc3c(c2)CN(C2CCC(=O)NC2=O)C3=O)nn1. The van der Waals surface area contributed by atoms with Gasteiger partial charge in [0.2, 0.25) is 11.8 Å². The van der Waals surface area contributed by atoms with Crippen molar-refractivity contribution in [2.24, 2.45) is 0 Å². The van der Waals surface area contributed by atoms with Crippen molar-refractivity contribution < 1.29 is 23.7 Å². The Morgan fingerprint density at radius 1 is 1.26 bits per heavy atom. The number of amides is 4. The number of fused-ring (bicyclic) bond motifs is 1. The first kappa shape index (κ1) is 21.5. The minimum Gasteiger partial charge on any atom is -0.359 e. The van der Waals surface area contributed by atoms with Crippen molar-refractivity contribution in [2.75, 3.05) is 5.32 Å². The smallest absolute Gasteiger partial charge is 0.277 e. The monoisotopic (exact) mass is 463 g/mol. The Labute approximate surface area is 193 Å². The number of carbonyl (C=O) groups is 4. The van der Waals surface area contributed by atoms with Gasteiger partial charge in [-0.25, -0.2) is 4.68 Å². The summed E-state index contributed by atoms with van der Waals surface area (Å²) in [4.78, 5) is 50.6. The van der Waals surface area contributed by atoms with E-state index in [-0.39, 0.29) is 36.4 Å². The molecule has 12 nitrogen and oxygen atoms in total. The predicted molar refractivity (Wildman–Crippen MR) is 116 cm³/mol. The highest BCUT2D eigenvalue weighted by atomic mass is 16.5. The number of piperidine rings is 1. The van der Waals surface area contributed by atoms with Crippen LogP contribution in [0.3, 0.4) is 0 Å². The zero-order valence-electron chi connectivity index (χ0n) is 18.4. The van der Waals surface area contributed by atoms with Gasteiger partial charge in [-0.05, 0) is 30.2 Å². The number of aromatic nitrogens is 4. The number of rotatable bonds is 5. The Bertz CT molecular complexity index is 1320. The van der Waals surface area contributed by atoms with Crippen LogP contribution in [-0.2, 0) is 16.1 Å². The molecule has 2 aliphatic rings. The van der Waals surface area contributed by atoms with Gasteiger partial charge in [0, 0.05) is 24.4 Å². The van der Waals surface area contributed by atoms with Crippen LogP contribution in [0.5, 0.6) is 0 Å². The van der Waals surface area contributed by atoms with E-state index in [0.29, 0.717) is 29.1 Å². The zero-order chi connectivity index (χ0) is 24.0. The average molecular weight is 463 g/mol. The molecule has 4 heterocycles. The van der Waals surface area contributed by atoms with Crippen molar-refractivity contribution in [1.29, 1.82) is 0 Å². The van der Waals surface area contributed by atoms with Gasteiger partial charge < -0.3 is 14.7 Å². The number of carbonyl (C=O) groups excluding carboxylic acids is 4. The van der Waals surface area contributed by atoms with Crippen molar-refractivity contribution in [3.8, 4) is 5.69 Å². The molecule has 1 unspecified atom stereocenters. The lowest BCUT2D eigenvalue weighted by Crippen LogP contribution is -2.52. The molecule has 0 radical (unpaired) electrons. The molecule has 5 rings (SSSR count). The third-order valence-corrected chi connectivity index (χ3v) is 5.87. The van der Waals surface area contributed by atoms with Crippen molar-refractivity contribution in [1.82, 2.24) is 30.4 Å². The van der Waals surface area contributed by atoms with Crippen molar-refractivity contribution in [3.05, 3.63) is 53.2 Å². The first-order valence-corrected chi connectivity index (χ1v) is 10.8. The highest BCUT2D eigenvalue weighted by Crippen LogP contribution is 2.29. The normalized spacial score (nSPS) is 17.8. The maximum absolute atomic E-state index is 12.9. The van der Waals surface area contributed by atoms with Crippen LogP contribution < -0.4 is 10.6 Å². The lowest BCUT2D eigenvalue weighted by atomic mass is 10.0. The minimum absolute atomic E-state index is 0.0438. The molecule has 1 fully saturated rings. The van der Waals surface area contributed by atoms with Crippen molar-refractivity contribution in [2.45, 2.75) is 45.2 Å². The molecule has 3 aromatic rings. The maximum Gasteiger partial charge on any atom is 0.277 e. The lowest BCUT2D eigenvalue weighted by Gasteiger charge is -2.29. The zero-order valence-corrected chi connectivity index (χ0v) is 18.4. The van der Waals surface area contributed by atoms with Gasteiger partial charge in [-0.3, -0.25) is 24.5 Å². The molecule has 0 saturated carbocycles. The Morgan fingerprint density at radius 3 is 2.85 bits per heavy atom. The summed E-state index contributed by atoms with van der Waals surface area (Å²) in [5.41, 5.74) is 2.38. The van der Waals surface area contributed by atoms with E-state index in [9.17, 15) is 19.2 Å². The number of hydrogen-bond acceptors (Lipinski definition) is 8. The Hall–Kier alpha value is -4.35. The number of hydrogen-bond donors (Lipinski definition) is 2. The summed E-state index contributed by atoms with van der Waals surface area (Å²) in [7, 11) is 0. The van der Waals surface area contributed by atoms with Gasteiger partial charge in [0.1, 0.15) is 11.7 Å². The van der Waals surface area contributed by atoms with E-state index >= 15 is 0 Å². The van der Waals surface area contributed by atoms with Crippen LogP contribution in [0.4, 0.5) is 5.69 Å². The number of anilines is 1. The average Bonchev–Trinajstić information content (AvgIpc) is 3.53. The quantitative estimate of drug-likeness (QED) is 0.539. The van der Waals surface area contributed by atoms with Crippen molar-refractivity contribution >= 4 is 29.3 Å². The van der Waals surface area contributed by atoms with Crippen LogP contribution in [-0.4, -0.2) is 54.7 Å². The first-order valence-electron chi connectivity index (χ1n) is 10.8. The maximum atomic E-state index is 12.9. The van der Waals surface area contributed by atoms with E-state index in [1.165, 1.54) is 22.0 Å². The van der Waals surface area contributed by atoms with Gasteiger partial charge >= 0.3 is 0 Å². The standard InChI is InChI=1S/C22H21N7O5/c1-11(2)19-15(8-23-34-19)24-20(31)16-10-29(27-26-16)13-3-4-14-12(7-13)9-28(22(14)33)17-5-6-18(30)25-21(17)32/h3-4,7-8,10-11,17H,5-6,9H2,1-2H3,(H,24,31)(H,25,30,32). The van der Waals surface area contributed by atoms with Gasteiger partial charge in [0.25, 0.3) is 11.8 Å². The summed E-state index contributed by atoms with van der Waals surface area (Å²) in [6, 6.07) is 4.44. The number of nitrogens with one attached hydrogen (secondary N) is 2. The van der Waals surface area contributed by atoms with Crippen LogP contribution in [0.15, 0.2) is 35.1 Å². The summed E-state index contributed by atoms with van der Waals surface area (Å²) in [6.45, 7) is 4.08. The van der Waals surface area contributed by atoms with Crippen molar-refractivity contribution in [3.63, 3.8) is 0 Å². The fourth-order valence-corrected chi connectivity index (χ4v) is 4.14. The van der Waals surface area contributed by atoms with Crippen LogP contribution in [0, 0.1) is 0 Å². The van der Waals surface area contributed by atoms with Crippen LogP contribution in [0.2, 0.25) is 0 Å². The highest BCUT2D eigenvalue weighted by Gasteiger charge is 2.39. The molecule has 12 heteroatoms. The van der Waals surface area contributed by atoms with E-state index in [0.717, 1.165) is 5.56 Å². The Balaban J connectivity index is 1.33. The van der Waals surface area contributed by atoms with Crippen LogP contribution >= 0.6 is 0 Å². The molecule has 1 saturated heterocycles. The number of imide groups is 1. The van der Waals surface area contributed by atoms with Crippen LogP contribution in [0.25, 0.3) is 5.69 Å². The third kappa shape index (κ3) is 3.72. The molecule has 2 aromatic heterocycles. The molecule has 0 spiro atoms. The fraction of sp³-hybridized carbons (Fsp3) is 0.318.